The van der Waals surface area contributed by atoms with Gasteiger partial charge in [0, 0.05) is 18.1 Å². The number of hydrogen-bond donors (Lipinski definition) is 2. The van der Waals surface area contributed by atoms with Gasteiger partial charge in [0.15, 0.2) is 5.72 Å². The Kier molecular flexibility index (Phi) is 4.30. The van der Waals surface area contributed by atoms with E-state index in [0.717, 1.165) is 6.08 Å². The second-order valence-corrected chi connectivity index (χ2v) is 3.43. The minimum absolute atomic E-state index is 0.0512. The van der Waals surface area contributed by atoms with Crippen LogP contribution in [-0.4, -0.2) is 22.8 Å². The topological polar surface area (TPSA) is 89.6 Å². The van der Waals surface area contributed by atoms with Crippen molar-refractivity contribution in [3.8, 4) is 0 Å². The first-order valence-corrected chi connectivity index (χ1v) is 4.18. The third-order valence-electron chi connectivity index (χ3n) is 1.83. The second-order valence-electron chi connectivity index (χ2n) is 3.43. The molecule has 0 aliphatic heterocycles. The molecule has 0 aliphatic carbocycles. The Bertz CT molecular complexity index is 256. The third-order valence-corrected chi connectivity index (χ3v) is 1.83. The van der Waals surface area contributed by atoms with Gasteiger partial charge in [-0.15, -0.1) is 0 Å². The first-order valence-electron chi connectivity index (χ1n) is 4.18. The molecule has 0 fully saturated rings. The molecule has 0 aromatic heterocycles. The average Bonchev–Trinajstić information content (AvgIpc) is 1.99. The van der Waals surface area contributed by atoms with Gasteiger partial charge in [-0.05, 0) is 6.92 Å². The Balaban J connectivity index is 4.26. The first-order chi connectivity index (χ1) is 6.25. The van der Waals surface area contributed by atoms with Crippen molar-refractivity contribution in [3.05, 3.63) is 12.2 Å². The number of carbonyl (C=O) groups excluding carboxylic acids is 1. The quantitative estimate of drug-likeness (QED) is 0.392. The van der Waals surface area contributed by atoms with E-state index in [1.54, 1.807) is 20.8 Å². The molecule has 0 aliphatic rings. The summed E-state index contributed by atoms with van der Waals surface area (Å²) in [6.45, 7) is 5.16. The van der Waals surface area contributed by atoms with Gasteiger partial charge >= 0.3 is 11.9 Å². The van der Waals surface area contributed by atoms with Crippen LogP contribution in [0.3, 0.4) is 0 Å². The number of ether oxygens (including phenoxy) is 1. The minimum Gasteiger partial charge on any atom is -0.478 e. The fourth-order valence-corrected chi connectivity index (χ4v) is 0.508. The molecular formula is C9H15NO4. The van der Waals surface area contributed by atoms with E-state index in [4.69, 9.17) is 15.6 Å². The molecule has 1 unspecified atom stereocenters. The molecule has 14 heavy (non-hydrogen) atoms. The molecule has 0 amide bonds. The Hall–Kier alpha value is -1.36. The Morgan fingerprint density at radius 3 is 2.29 bits per heavy atom. The predicted molar refractivity (Wildman–Crippen MR) is 50.3 cm³/mol. The van der Waals surface area contributed by atoms with E-state index in [1.165, 1.54) is 0 Å². The standard InChI is InChI=1S/C9H15NO4/c1-6(2)9(3,10)14-8(13)5-4-7(11)12/h4-6H,10H2,1-3H3,(H,11,12)/b5-4-. The van der Waals surface area contributed by atoms with Gasteiger partial charge in [-0.2, -0.15) is 0 Å². The van der Waals surface area contributed by atoms with Gasteiger partial charge in [0.05, 0.1) is 0 Å². The van der Waals surface area contributed by atoms with Crippen LogP contribution in [0.4, 0.5) is 0 Å². The number of aliphatic carboxylic acids is 1. The Morgan fingerprint density at radius 1 is 1.43 bits per heavy atom. The number of carbonyl (C=O) groups is 2. The summed E-state index contributed by atoms with van der Waals surface area (Å²) in [6.07, 6.45) is 1.54. The molecule has 5 heteroatoms. The van der Waals surface area contributed by atoms with E-state index in [9.17, 15) is 9.59 Å². The van der Waals surface area contributed by atoms with Gasteiger partial charge < -0.3 is 9.84 Å². The zero-order valence-electron chi connectivity index (χ0n) is 8.48. The highest BCUT2D eigenvalue weighted by atomic mass is 16.6. The van der Waals surface area contributed by atoms with Crippen LogP contribution in [0.25, 0.3) is 0 Å². The molecular weight excluding hydrogens is 186 g/mol. The maximum atomic E-state index is 11.0. The van der Waals surface area contributed by atoms with Crippen LogP contribution in [0.15, 0.2) is 12.2 Å². The molecule has 0 rings (SSSR count). The van der Waals surface area contributed by atoms with E-state index >= 15 is 0 Å². The fraction of sp³-hybridized carbons (Fsp3) is 0.556. The van der Waals surface area contributed by atoms with Crippen molar-refractivity contribution in [2.75, 3.05) is 0 Å². The SMILES string of the molecule is CC(C)C(C)(N)OC(=O)/C=C\C(=O)O. The Morgan fingerprint density at radius 2 is 1.93 bits per heavy atom. The Labute approximate surface area is 82.5 Å². The maximum Gasteiger partial charge on any atom is 0.332 e. The number of carboxylic acid groups (broad SMARTS) is 1. The van der Waals surface area contributed by atoms with Gasteiger partial charge in [0.2, 0.25) is 0 Å². The van der Waals surface area contributed by atoms with Gasteiger partial charge in [0.25, 0.3) is 0 Å². The van der Waals surface area contributed by atoms with Crippen LogP contribution in [0, 0.1) is 5.92 Å². The van der Waals surface area contributed by atoms with Crippen LogP contribution in [0.1, 0.15) is 20.8 Å². The molecule has 0 saturated carbocycles. The van der Waals surface area contributed by atoms with Crippen LogP contribution >= 0.6 is 0 Å². The summed E-state index contributed by atoms with van der Waals surface area (Å²) in [5.74, 6) is -2.01. The molecule has 1 atom stereocenters. The number of nitrogens with two attached hydrogens (primary N) is 1. The normalized spacial score (nSPS) is 15.5. The zero-order chi connectivity index (χ0) is 11.4. The monoisotopic (exact) mass is 201 g/mol. The van der Waals surface area contributed by atoms with Crippen molar-refractivity contribution in [3.63, 3.8) is 0 Å². The van der Waals surface area contributed by atoms with E-state index in [0.29, 0.717) is 6.08 Å². The molecule has 0 radical (unpaired) electrons. The lowest BCUT2D eigenvalue weighted by atomic mass is 10.0. The fourth-order valence-electron chi connectivity index (χ4n) is 0.508. The van der Waals surface area contributed by atoms with Gasteiger partial charge in [-0.25, -0.2) is 9.59 Å². The molecule has 3 N–H and O–H groups in total. The third kappa shape index (κ3) is 4.61. The van der Waals surface area contributed by atoms with Crippen LogP contribution in [-0.2, 0) is 14.3 Å². The molecule has 0 bridgehead atoms. The van der Waals surface area contributed by atoms with E-state index in [-0.39, 0.29) is 5.92 Å². The summed E-state index contributed by atoms with van der Waals surface area (Å²) in [5, 5.41) is 8.24. The highest BCUT2D eigenvalue weighted by Gasteiger charge is 2.26. The van der Waals surface area contributed by atoms with Crippen molar-refractivity contribution < 1.29 is 19.4 Å². The van der Waals surface area contributed by atoms with E-state index < -0.39 is 17.7 Å². The smallest absolute Gasteiger partial charge is 0.332 e. The summed E-state index contributed by atoms with van der Waals surface area (Å²) >= 11 is 0. The second kappa shape index (κ2) is 4.76. The van der Waals surface area contributed by atoms with E-state index in [1.807, 2.05) is 0 Å². The van der Waals surface area contributed by atoms with Gasteiger partial charge in [-0.1, -0.05) is 13.8 Å². The van der Waals surface area contributed by atoms with E-state index in [2.05, 4.69) is 0 Å². The predicted octanol–water partition coefficient (Wildman–Crippen LogP) is 0.501. The molecule has 0 aromatic carbocycles. The summed E-state index contributed by atoms with van der Waals surface area (Å²) < 4.78 is 4.84. The van der Waals surface area contributed by atoms with Crippen molar-refractivity contribution in [2.45, 2.75) is 26.5 Å². The lowest BCUT2D eigenvalue weighted by Crippen LogP contribution is -2.45. The number of hydrogen-bond acceptors (Lipinski definition) is 4. The zero-order valence-corrected chi connectivity index (χ0v) is 8.48. The molecule has 0 heterocycles. The van der Waals surface area contributed by atoms with Crippen molar-refractivity contribution in [1.29, 1.82) is 0 Å². The molecule has 0 spiro atoms. The minimum atomic E-state index is -1.20. The molecule has 5 nitrogen and oxygen atoms in total. The highest BCUT2D eigenvalue weighted by molar-refractivity contribution is 5.90. The van der Waals surface area contributed by atoms with Crippen LogP contribution < -0.4 is 5.73 Å². The van der Waals surface area contributed by atoms with Crippen LogP contribution in [0.5, 0.6) is 0 Å². The first kappa shape index (κ1) is 12.6. The van der Waals surface area contributed by atoms with Crippen LogP contribution in [0.2, 0.25) is 0 Å². The molecule has 0 saturated heterocycles. The van der Waals surface area contributed by atoms with Crippen molar-refractivity contribution >= 4 is 11.9 Å². The van der Waals surface area contributed by atoms with Gasteiger partial charge in [-0.3, -0.25) is 5.73 Å². The summed E-state index contributed by atoms with van der Waals surface area (Å²) in [4.78, 5) is 21.1. The summed E-state index contributed by atoms with van der Waals surface area (Å²) in [6, 6.07) is 0. The van der Waals surface area contributed by atoms with Gasteiger partial charge in [0.1, 0.15) is 0 Å². The lowest BCUT2D eigenvalue weighted by Gasteiger charge is -2.28. The number of carboxylic acids is 1. The van der Waals surface area contributed by atoms with Crippen molar-refractivity contribution in [1.82, 2.24) is 0 Å². The molecule has 80 valence electrons. The summed E-state index contributed by atoms with van der Waals surface area (Å²) in [5.41, 5.74) is 4.56. The summed E-state index contributed by atoms with van der Waals surface area (Å²) in [7, 11) is 0. The number of esters is 1. The highest BCUT2D eigenvalue weighted by Crippen LogP contribution is 2.14. The lowest BCUT2D eigenvalue weighted by molar-refractivity contribution is -0.156. The van der Waals surface area contributed by atoms with Crippen molar-refractivity contribution in [2.24, 2.45) is 11.7 Å². The molecule has 0 aromatic rings. The largest absolute Gasteiger partial charge is 0.478 e. The number of rotatable bonds is 4. The average molecular weight is 201 g/mol. The maximum absolute atomic E-state index is 11.0.